The van der Waals surface area contributed by atoms with Gasteiger partial charge < -0.3 is 4.74 Å². The van der Waals surface area contributed by atoms with Crippen molar-refractivity contribution in [2.75, 3.05) is 13.2 Å². The van der Waals surface area contributed by atoms with E-state index in [0.29, 0.717) is 0 Å². The van der Waals surface area contributed by atoms with Gasteiger partial charge in [0.1, 0.15) is 11.0 Å². The third-order valence-electron chi connectivity index (χ3n) is 9.20. The largest absolute Gasteiger partial charge is 0.381 e. The number of fused-ring (bicyclic) bond motifs is 4. The van der Waals surface area contributed by atoms with Gasteiger partial charge in [-0.1, -0.05) is 96.6 Å². The molecule has 4 aromatic rings. The number of aromatic nitrogens is 2. The second kappa shape index (κ2) is 15.4. The van der Waals surface area contributed by atoms with Crippen LogP contribution in [0.3, 0.4) is 0 Å². The summed E-state index contributed by atoms with van der Waals surface area (Å²) in [6.07, 6.45) is 19.7. The molecule has 0 aliphatic heterocycles. The molecule has 3 nitrogen and oxygen atoms in total. The molecule has 5 rings (SSSR count). The van der Waals surface area contributed by atoms with Gasteiger partial charge in [-0.25, -0.2) is 0 Å². The minimum atomic E-state index is 0.102. The van der Waals surface area contributed by atoms with Crippen LogP contribution in [0.5, 0.6) is 0 Å². The molecule has 42 heavy (non-hydrogen) atoms. The standard InChI is InChI=1S/C36H50N2OS3/c1-5-7-9-10-11-12-13-14-15-16-22-39-23-17-21-36(20-8-6-2)29-24-27(4)40-34(29)35-30(36)25-31(41-35)28-19-18-26(3)32-33(28)38-42-37-32/h18-19,24-25H,5-17,20-23H2,1-4H3. The van der Waals surface area contributed by atoms with Crippen LogP contribution in [0, 0.1) is 13.8 Å². The van der Waals surface area contributed by atoms with E-state index in [-0.39, 0.29) is 5.41 Å². The number of hydrogen-bond donors (Lipinski definition) is 0. The quantitative estimate of drug-likeness (QED) is 0.0976. The van der Waals surface area contributed by atoms with E-state index in [1.54, 1.807) is 11.1 Å². The van der Waals surface area contributed by atoms with Crippen LogP contribution >= 0.6 is 34.4 Å². The van der Waals surface area contributed by atoms with Crippen molar-refractivity contribution in [3.8, 4) is 20.2 Å². The Morgan fingerprint density at radius 1 is 0.667 bits per heavy atom. The van der Waals surface area contributed by atoms with Crippen molar-refractivity contribution in [1.82, 2.24) is 8.75 Å². The zero-order chi connectivity index (χ0) is 29.4. The number of thiophene rings is 2. The van der Waals surface area contributed by atoms with Gasteiger partial charge in [-0.3, -0.25) is 0 Å². The van der Waals surface area contributed by atoms with Gasteiger partial charge in [-0.05, 0) is 68.4 Å². The molecule has 0 fully saturated rings. The Morgan fingerprint density at radius 2 is 1.29 bits per heavy atom. The molecular weight excluding hydrogens is 573 g/mol. The number of benzene rings is 1. The SMILES string of the molecule is CCCCCCCCCCCCOCCCC1(CCCC)c2cc(C)sc2-c2sc(-c3ccc(C)c4nsnc34)cc21. The summed E-state index contributed by atoms with van der Waals surface area (Å²) in [6.45, 7) is 10.8. The summed E-state index contributed by atoms with van der Waals surface area (Å²) < 4.78 is 15.5. The van der Waals surface area contributed by atoms with Gasteiger partial charge in [0.05, 0.1) is 11.7 Å². The van der Waals surface area contributed by atoms with Crippen LogP contribution in [-0.2, 0) is 10.2 Å². The highest BCUT2D eigenvalue weighted by atomic mass is 32.1. The predicted octanol–water partition coefficient (Wildman–Crippen LogP) is 12.3. The summed E-state index contributed by atoms with van der Waals surface area (Å²) in [6, 6.07) is 9.49. The summed E-state index contributed by atoms with van der Waals surface area (Å²) in [4.78, 5) is 5.78. The molecule has 1 aromatic carbocycles. The molecule has 228 valence electrons. The van der Waals surface area contributed by atoms with Crippen molar-refractivity contribution in [1.29, 1.82) is 0 Å². The van der Waals surface area contributed by atoms with Crippen LogP contribution in [0.15, 0.2) is 24.3 Å². The van der Waals surface area contributed by atoms with Crippen LogP contribution < -0.4 is 0 Å². The lowest BCUT2D eigenvalue weighted by molar-refractivity contribution is 0.122. The first-order valence-corrected chi connectivity index (χ1v) is 19.0. The van der Waals surface area contributed by atoms with E-state index >= 15 is 0 Å². The van der Waals surface area contributed by atoms with E-state index in [4.69, 9.17) is 9.11 Å². The first kappa shape index (κ1) is 31.8. The second-order valence-corrected chi connectivity index (χ2v) is 15.3. The maximum Gasteiger partial charge on any atom is 0.113 e. The van der Waals surface area contributed by atoms with Crippen LogP contribution in [0.2, 0.25) is 0 Å². The van der Waals surface area contributed by atoms with Gasteiger partial charge in [-0.2, -0.15) is 8.75 Å². The fourth-order valence-electron chi connectivity index (χ4n) is 6.83. The van der Waals surface area contributed by atoms with E-state index < -0.39 is 0 Å². The van der Waals surface area contributed by atoms with Crippen molar-refractivity contribution in [2.24, 2.45) is 0 Å². The van der Waals surface area contributed by atoms with Crippen LogP contribution in [0.4, 0.5) is 0 Å². The topological polar surface area (TPSA) is 35.0 Å². The van der Waals surface area contributed by atoms with E-state index in [2.05, 4.69) is 56.3 Å². The highest BCUT2D eigenvalue weighted by Crippen LogP contribution is 2.60. The van der Waals surface area contributed by atoms with E-state index in [1.807, 2.05) is 22.7 Å². The van der Waals surface area contributed by atoms with Crippen molar-refractivity contribution in [3.63, 3.8) is 0 Å². The molecule has 0 bridgehead atoms. The van der Waals surface area contributed by atoms with Gasteiger partial charge in [0.25, 0.3) is 0 Å². The Kier molecular flexibility index (Phi) is 11.7. The third kappa shape index (κ3) is 7.03. The minimum Gasteiger partial charge on any atom is -0.381 e. The van der Waals surface area contributed by atoms with E-state index in [0.717, 1.165) is 30.7 Å². The molecule has 1 unspecified atom stereocenters. The van der Waals surface area contributed by atoms with Crippen LogP contribution in [0.25, 0.3) is 31.2 Å². The Hall–Kier alpha value is -1.60. The molecular formula is C36H50N2OS3. The molecule has 0 N–H and O–H groups in total. The minimum absolute atomic E-state index is 0.102. The molecule has 3 heterocycles. The van der Waals surface area contributed by atoms with Crippen molar-refractivity contribution < 1.29 is 4.74 Å². The highest BCUT2D eigenvalue weighted by molar-refractivity contribution is 7.24. The van der Waals surface area contributed by atoms with Crippen molar-refractivity contribution >= 4 is 45.4 Å². The van der Waals surface area contributed by atoms with Gasteiger partial charge in [0.15, 0.2) is 0 Å². The van der Waals surface area contributed by atoms with Crippen molar-refractivity contribution in [2.45, 2.75) is 129 Å². The summed E-state index contributed by atoms with van der Waals surface area (Å²) >= 11 is 5.29. The smallest absolute Gasteiger partial charge is 0.113 e. The second-order valence-electron chi connectivity index (χ2n) is 12.4. The molecule has 0 spiro atoms. The summed E-state index contributed by atoms with van der Waals surface area (Å²) in [5.41, 5.74) is 7.80. The Bertz CT molecular complexity index is 1420. The van der Waals surface area contributed by atoms with Crippen LogP contribution in [0.1, 0.15) is 132 Å². The number of nitrogens with zero attached hydrogens (tertiary/aromatic N) is 2. The number of ether oxygens (including phenoxy) is 1. The van der Waals surface area contributed by atoms with Gasteiger partial charge in [0, 0.05) is 43.7 Å². The maximum atomic E-state index is 6.21. The zero-order valence-electron chi connectivity index (χ0n) is 26.4. The number of hydrogen-bond acceptors (Lipinski definition) is 6. The van der Waals surface area contributed by atoms with Gasteiger partial charge >= 0.3 is 0 Å². The first-order valence-electron chi connectivity index (χ1n) is 16.6. The van der Waals surface area contributed by atoms with E-state index in [9.17, 15) is 0 Å². The summed E-state index contributed by atoms with van der Waals surface area (Å²) in [7, 11) is 0. The Morgan fingerprint density at radius 3 is 2.05 bits per heavy atom. The molecule has 0 amide bonds. The molecule has 0 saturated carbocycles. The summed E-state index contributed by atoms with van der Waals surface area (Å²) in [5.74, 6) is 0. The lowest BCUT2D eigenvalue weighted by atomic mass is 9.72. The average molecular weight is 623 g/mol. The highest BCUT2D eigenvalue weighted by Gasteiger charge is 2.45. The number of unbranched alkanes of at least 4 members (excludes halogenated alkanes) is 10. The normalized spacial score (nSPS) is 16.0. The fourth-order valence-corrected chi connectivity index (χ4v) is 10.0. The average Bonchev–Trinajstić information content (AvgIpc) is 3.77. The Balaban J connectivity index is 1.22. The van der Waals surface area contributed by atoms with Crippen LogP contribution in [-0.4, -0.2) is 22.0 Å². The molecule has 3 aromatic heterocycles. The molecule has 0 radical (unpaired) electrons. The molecule has 0 saturated heterocycles. The predicted molar refractivity (Wildman–Crippen MR) is 186 cm³/mol. The number of aryl methyl sites for hydroxylation is 2. The first-order chi connectivity index (χ1) is 20.6. The maximum absolute atomic E-state index is 6.21. The lowest BCUT2D eigenvalue weighted by Gasteiger charge is -2.31. The van der Waals surface area contributed by atoms with E-state index in [1.165, 1.54) is 132 Å². The number of rotatable bonds is 19. The Labute approximate surface area is 266 Å². The lowest BCUT2D eigenvalue weighted by Crippen LogP contribution is -2.25. The molecule has 1 aliphatic rings. The molecule has 1 atom stereocenters. The van der Waals surface area contributed by atoms with Crippen molar-refractivity contribution in [3.05, 3.63) is 45.8 Å². The van der Waals surface area contributed by atoms with Gasteiger partial charge in [0.2, 0.25) is 0 Å². The zero-order valence-corrected chi connectivity index (χ0v) is 28.8. The third-order valence-corrected chi connectivity index (χ3v) is 12.1. The van der Waals surface area contributed by atoms with Gasteiger partial charge in [-0.15, -0.1) is 22.7 Å². The fraction of sp³-hybridized carbons (Fsp3) is 0.611. The molecule has 6 heteroatoms. The summed E-state index contributed by atoms with van der Waals surface area (Å²) in [5, 5.41) is 0. The monoisotopic (exact) mass is 622 g/mol. The molecule has 1 aliphatic carbocycles.